The number of hydrogen-bond acceptors (Lipinski definition) is 13. The van der Waals surface area contributed by atoms with Gasteiger partial charge in [0, 0.05) is 24.2 Å². The highest BCUT2D eigenvalue weighted by molar-refractivity contribution is 5.78. The van der Waals surface area contributed by atoms with E-state index in [0.717, 1.165) is 61.4 Å². The van der Waals surface area contributed by atoms with Gasteiger partial charge >= 0.3 is 12.2 Å². The van der Waals surface area contributed by atoms with E-state index in [1.165, 1.54) is 0 Å². The molecule has 0 aliphatic carbocycles. The van der Waals surface area contributed by atoms with Crippen LogP contribution < -0.4 is 42.2 Å². The van der Waals surface area contributed by atoms with Crippen LogP contribution in [0.5, 0.6) is 11.5 Å². The van der Waals surface area contributed by atoms with Gasteiger partial charge in [0.05, 0.1) is 30.4 Å². The van der Waals surface area contributed by atoms with E-state index in [-0.39, 0.29) is 65.8 Å². The zero-order chi connectivity index (χ0) is 73.3. The SMILES string of the molecule is C.C.C.CC(C)(C)OC(=O)N[C@@H](Cc1ccccc1)C[C@H](O)[C@@H](N)Cc1ccccc1.Cc1cccc(C)c1OCC(=O)N[C@@H](Cc1ccccc1)[C@@H](O)C[C@@H](N)Cc1ccccc1.Cc1cccc(C)c1OCC(=O)N[C@@H](Cc1ccccc1)[C@@H](O)C[C@H](Cc1ccccc1)NC(=O)OC(C)(C)C. The van der Waals surface area contributed by atoms with Gasteiger partial charge in [0.2, 0.25) is 0 Å². The minimum Gasteiger partial charge on any atom is -0.483 e. The largest absolute Gasteiger partial charge is 0.483 e. The van der Waals surface area contributed by atoms with Crippen LogP contribution in [0, 0.1) is 27.7 Å². The third-order valence-electron chi connectivity index (χ3n) is 16.6. The molecule has 0 unspecified atom stereocenters. The molecule has 0 spiro atoms. The van der Waals surface area contributed by atoms with Gasteiger partial charge in [0.25, 0.3) is 11.8 Å². The molecular weight excluding hydrogens is 1300 g/mol. The molecule has 0 aromatic heterocycles. The summed E-state index contributed by atoms with van der Waals surface area (Å²) in [5.41, 5.74) is 21.5. The van der Waals surface area contributed by atoms with Gasteiger partial charge in [-0.1, -0.05) is 241 Å². The molecule has 11 N–H and O–H groups in total. The van der Waals surface area contributed by atoms with Crippen molar-refractivity contribution < 1.29 is 53.4 Å². The van der Waals surface area contributed by atoms with Gasteiger partial charge in [-0.05, 0) is 183 Å². The number of carbonyl (C=O) groups is 4. The Balaban J connectivity index is 0.000000406. The number of aliphatic hydroxyl groups is 3. The molecule has 564 valence electrons. The minimum atomic E-state index is -0.951. The molecule has 0 saturated carbocycles. The number of amides is 4. The summed E-state index contributed by atoms with van der Waals surface area (Å²) in [5.74, 6) is 0.802. The van der Waals surface area contributed by atoms with Gasteiger partial charge in [-0.25, -0.2) is 9.59 Å². The molecule has 0 heterocycles. The Hall–Kier alpha value is -9.36. The highest BCUT2D eigenvalue weighted by atomic mass is 16.6. The molecule has 8 aromatic rings. The number of hydrogen-bond donors (Lipinski definition) is 9. The Morgan fingerprint density at radius 1 is 0.356 bits per heavy atom. The van der Waals surface area contributed by atoms with Crippen molar-refractivity contribution >= 4 is 24.0 Å². The maximum absolute atomic E-state index is 13.0. The molecule has 8 aromatic carbocycles. The van der Waals surface area contributed by atoms with E-state index in [2.05, 4.69) is 21.3 Å². The van der Waals surface area contributed by atoms with Crippen molar-refractivity contribution in [2.24, 2.45) is 11.5 Å². The first kappa shape index (κ1) is 88.9. The van der Waals surface area contributed by atoms with E-state index in [9.17, 15) is 34.5 Å². The predicted molar refractivity (Wildman–Crippen MR) is 422 cm³/mol. The smallest absolute Gasteiger partial charge is 0.407 e. The standard InChI is InChI=1S/C33H42N2O5.C28H34N2O3.C23H32N2O3.3CH4/c1-23-13-12-14-24(2)31(23)39-22-30(37)35-28(20-26-17-10-7-11-18-26)29(36)21-27(19-25-15-8-6-9-16-25)34-32(38)40-33(3,4)5;1-20-10-9-11-21(2)28(20)33-19-27(32)30-25(17-23-14-7-4-8-15-23)26(31)18-24(29)16-22-12-5-3-6-13-22;1-23(2,3)28-22(27)25-19(14-17-10-6-4-7-11-17)16-21(26)20(24)15-18-12-8-5-9-13-18;;;/h6-18,27-29,36H,19-22H2,1-5H3,(H,34,38)(H,35,37);3-15,24-26,31H,16-19,29H2,1-2H3,(H,30,32);4-13,19-21,26H,14-16,24H2,1-3H3,(H,25,27);3*1H4/t27-,28-,29-;24-,25-,26-;19-,20-,21-;;;/m000.../s1. The summed E-state index contributed by atoms with van der Waals surface area (Å²) in [4.78, 5) is 50.7. The third kappa shape index (κ3) is 34.3. The van der Waals surface area contributed by atoms with Crippen LogP contribution in [0.25, 0.3) is 0 Å². The van der Waals surface area contributed by atoms with Crippen LogP contribution in [-0.4, -0.2) is 118 Å². The lowest BCUT2D eigenvalue weighted by atomic mass is 9.93. The maximum atomic E-state index is 13.0. The third-order valence-corrected chi connectivity index (χ3v) is 16.6. The molecular formula is C87H120N6O11. The zero-order valence-electron chi connectivity index (χ0n) is 60.5. The molecule has 8 rings (SSSR count). The van der Waals surface area contributed by atoms with Crippen molar-refractivity contribution in [3.63, 3.8) is 0 Å². The molecule has 0 saturated heterocycles. The molecule has 0 aliphatic heterocycles. The second-order valence-corrected chi connectivity index (χ2v) is 28.0. The Morgan fingerprint density at radius 2 is 0.625 bits per heavy atom. The van der Waals surface area contributed by atoms with Crippen LogP contribution in [0.3, 0.4) is 0 Å². The predicted octanol–water partition coefficient (Wildman–Crippen LogP) is 14.4. The lowest BCUT2D eigenvalue weighted by molar-refractivity contribution is -0.125. The van der Waals surface area contributed by atoms with Gasteiger partial charge in [0.1, 0.15) is 22.7 Å². The Bertz CT molecular complexity index is 3670. The first-order valence-corrected chi connectivity index (χ1v) is 34.9. The van der Waals surface area contributed by atoms with Crippen LogP contribution in [0.4, 0.5) is 9.59 Å². The first-order chi connectivity index (χ1) is 48.1. The average molecular weight is 1430 g/mol. The van der Waals surface area contributed by atoms with Crippen LogP contribution in [0.1, 0.15) is 139 Å². The van der Waals surface area contributed by atoms with Gasteiger partial charge < -0.3 is 67.0 Å². The molecule has 0 aliphatic rings. The Kier molecular flexibility index (Phi) is 39.0. The van der Waals surface area contributed by atoms with Crippen LogP contribution >= 0.6 is 0 Å². The Labute approximate surface area is 620 Å². The maximum Gasteiger partial charge on any atom is 0.407 e. The fourth-order valence-electron chi connectivity index (χ4n) is 11.7. The summed E-state index contributed by atoms with van der Waals surface area (Å²) >= 11 is 0. The van der Waals surface area contributed by atoms with Crippen LogP contribution in [0.2, 0.25) is 0 Å². The summed E-state index contributed by atoms with van der Waals surface area (Å²) in [5, 5.41) is 44.9. The monoisotopic (exact) mass is 1420 g/mol. The number of aryl methyl sites for hydroxylation is 4. The summed E-state index contributed by atoms with van der Waals surface area (Å²) in [6, 6.07) is 68.2. The van der Waals surface area contributed by atoms with Gasteiger partial charge in [-0.2, -0.15) is 0 Å². The molecule has 17 nitrogen and oxygen atoms in total. The lowest BCUT2D eigenvalue weighted by Crippen LogP contribution is -2.50. The lowest BCUT2D eigenvalue weighted by Gasteiger charge is -2.29. The number of benzene rings is 8. The quantitative estimate of drug-likeness (QED) is 0.0196. The number of rotatable bonds is 31. The number of carbonyl (C=O) groups excluding carboxylic acids is 4. The topological polar surface area (TPSA) is 266 Å². The van der Waals surface area contributed by atoms with Crippen LogP contribution in [-0.2, 0) is 57.6 Å². The average Bonchev–Trinajstić information content (AvgIpc) is 0.880. The van der Waals surface area contributed by atoms with E-state index < -0.39 is 65.9 Å². The van der Waals surface area contributed by atoms with Crippen molar-refractivity contribution in [1.29, 1.82) is 0 Å². The fourth-order valence-corrected chi connectivity index (χ4v) is 11.7. The molecule has 0 fully saturated rings. The van der Waals surface area contributed by atoms with Crippen LogP contribution in [0.15, 0.2) is 218 Å². The van der Waals surface area contributed by atoms with Crippen molar-refractivity contribution in [1.82, 2.24) is 21.3 Å². The van der Waals surface area contributed by atoms with Crippen molar-refractivity contribution in [2.45, 2.75) is 215 Å². The van der Waals surface area contributed by atoms with Gasteiger partial charge in [0.15, 0.2) is 13.2 Å². The molecule has 104 heavy (non-hydrogen) atoms. The first-order valence-electron chi connectivity index (χ1n) is 34.9. The number of alkyl carbamates (subject to hydrolysis) is 2. The number of nitrogens with one attached hydrogen (secondary N) is 4. The second-order valence-electron chi connectivity index (χ2n) is 28.0. The number of ether oxygens (including phenoxy) is 4. The van der Waals surface area contributed by atoms with E-state index in [1.807, 2.05) is 267 Å². The summed E-state index contributed by atoms with van der Waals surface area (Å²) in [6.45, 7) is 18.4. The number of nitrogens with two attached hydrogens (primary N) is 2. The fraction of sp³-hybridized carbons (Fsp3) is 0.402. The van der Waals surface area contributed by atoms with Gasteiger partial charge in [-0.15, -0.1) is 0 Å². The summed E-state index contributed by atoms with van der Waals surface area (Å²) in [7, 11) is 0. The zero-order valence-corrected chi connectivity index (χ0v) is 60.5. The Morgan fingerprint density at radius 3 is 0.933 bits per heavy atom. The normalized spacial score (nSPS) is 13.5. The van der Waals surface area contributed by atoms with Crippen molar-refractivity contribution in [3.8, 4) is 11.5 Å². The molecule has 9 atom stereocenters. The van der Waals surface area contributed by atoms with E-state index >= 15 is 0 Å². The highest BCUT2D eigenvalue weighted by Crippen LogP contribution is 2.25. The van der Waals surface area contributed by atoms with Crippen molar-refractivity contribution in [2.75, 3.05) is 13.2 Å². The second kappa shape index (κ2) is 45.7. The van der Waals surface area contributed by atoms with E-state index in [1.54, 1.807) is 20.8 Å². The minimum absolute atomic E-state index is 0. The molecule has 0 bridgehead atoms. The van der Waals surface area contributed by atoms with Gasteiger partial charge in [-0.3, -0.25) is 9.59 Å². The molecule has 17 heteroatoms. The number of para-hydroxylation sites is 2. The highest BCUT2D eigenvalue weighted by Gasteiger charge is 2.30. The van der Waals surface area contributed by atoms with E-state index in [4.69, 9.17) is 30.4 Å². The van der Waals surface area contributed by atoms with Crippen molar-refractivity contribution in [3.05, 3.63) is 274 Å². The van der Waals surface area contributed by atoms with E-state index in [0.29, 0.717) is 57.1 Å². The summed E-state index contributed by atoms with van der Waals surface area (Å²) < 4.78 is 22.5. The summed E-state index contributed by atoms with van der Waals surface area (Å²) in [6.07, 6.45) is 0.682. The molecule has 0 radical (unpaired) electrons. The molecule has 4 amide bonds. The number of aliphatic hydroxyl groups excluding tert-OH is 3.